The van der Waals surface area contributed by atoms with Crippen LogP contribution in [0.3, 0.4) is 0 Å². The monoisotopic (exact) mass is 356 g/mol. The third-order valence-corrected chi connectivity index (χ3v) is 6.86. The first-order valence-electron chi connectivity index (χ1n) is 4.68. The van der Waals surface area contributed by atoms with Crippen molar-refractivity contribution in [2.24, 2.45) is 11.8 Å². The number of halogens is 3. The van der Waals surface area contributed by atoms with Crippen molar-refractivity contribution in [2.45, 2.75) is 25.1 Å². The van der Waals surface area contributed by atoms with E-state index in [9.17, 15) is 0 Å². The van der Waals surface area contributed by atoms with Gasteiger partial charge < -0.3 is 0 Å². The van der Waals surface area contributed by atoms with Gasteiger partial charge in [-0.1, -0.05) is 6.92 Å². The normalized spacial score (nSPS) is 20.9. The van der Waals surface area contributed by atoms with Crippen LogP contribution in [0.25, 0.3) is 0 Å². The smallest absolute Gasteiger partial charge is 0.0843 e. The number of rotatable bonds is 3. The SMILES string of the molecule is CC(C1CC1)C(Cl)c1cc(Br)c(Br)s1. The Morgan fingerprint density at radius 2 is 2.14 bits per heavy atom. The maximum absolute atomic E-state index is 6.45. The van der Waals surface area contributed by atoms with E-state index in [1.165, 1.54) is 17.7 Å². The molecule has 2 atom stereocenters. The Balaban J connectivity index is 2.13. The molecule has 4 heteroatoms. The van der Waals surface area contributed by atoms with Gasteiger partial charge in [-0.25, -0.2) is 0 Å². The maximum atomic E-state index is 6.45. The molecular formula is C10H11Br2ClS. The minimum Gasteiger partial charge on any atom is -0.130 e. The number of alkyl halides is 1. The fraction of sp³-hybridized carbons (Fsp3) is 0.600. The quantitative estimate of drug-likeness (QED) is 0.617. The van der Waals surface area contributed by atoms with Gasteiger partial charge in [-0.15, -0.1) is 22.9 Å². The van der Waals surface area contributed by atoms with E-state index in [2.05, 4.69) is 44.8 Å². The second-order valence-electron chi connectivity index (χ2n) is 3.87. The number of hydrogen-bond donors (Lipinski definition) is 0. The van der Waals surface area contributed by atoms with Gasteiger partial charge in [0.25, 0.3) is 0 Å². The predicted octanol–water partition coefficient (Wildman–Crippen LogP) is 5.60. The van der Waals surface area contributed by atoms with Crippen molar-refractivity contribution in [3.8, 4) is 0 Å². The van der Waals surface area contributed by atoms with E-state index in [4.69, 9.17) is 11.6 Å². The molecule has 0 N–H and O–H groups in total. The van der Waals surface area contributed by atoms with E-state index >= 15 is 0 Å². The summed E-state index contributed by atoms with van der Waals surface area (Å²) in [4.78, 5) is 1.27. The highest BCUT2D eigenvalue weighted by molar-refractivity contribution is 9.13. The average Bonchev–Trinajstić information content (AvgIpc) is 2.93. The molecule has 0 spiro atoms. The molecule has 1 heterocycles. The van der Waals surface area contributed by atoms with Crippen molar-refractivity contribution in [2.75, 3.05) is 0 Å². The van der Waals surface area contributed by atoms with E-state index in [0.717, 1.165) is 14.2 Å². The van der Waals surface area contributed by atoms with Crippen LogP contribution < -0.4 is 0 Å². The average molecular weight is 359 g/mol. The zero-order valence-corrected chi connectivity index (χ0v) is 12.5. The summed E-state index contributed by atoms with van der Waals surface area (Å²) in [6.07, 6.45) is 2.72. The van der Waals surface area contributed by atoms with E-state index in [1.807, 2.05) is 0 Å². The lowest BCUT2D eigenvalue weighted by atomic mass is 10.0. The van der Waals surface area contributed by atoms with Crippen molar-refractivity contribution >= 4 is 54.8 Å². The minimum absolute atomic E-state index is 0.176. The Labute approximate surface area is 110 Å². The predicted molar refractivity (Wildman–Crippen MR) is 70.2 cm³/mol. The first kappa shape index (κ1) is 11.4. The van der Waals surface area contributed by atoms with Crippen LogP contribution in [-0.2, 0) is 0 Å². The highest BCUT2D eigenvalue weighted by atomic mass is 79.9. The molecule has 1 aromatic rings. The summed E-state index contributed by atoms with van der Waals surface area (Å²) < 4.78 is 2.26. The van der Waals surface area contributed by atoms with E-state index in [-0.39, 0.29) is 5.38 Å². The molecule has 0 aliphatic heterocycles. The molecule has 0 nitrogen and oxygen atoms in total. The van der Waals surface area contributed by atoms with Crippen molar-refractivity contribution in [1.82, 2.24) is 0 Å². The Kier molecular flexibility index (Phi) is 3.63. The van der Waals surface area contributed by atoms with Gasteiger partial charge in [0, 0.05) is 9.35 Å². The standard InChI is InChI=1S/C10H11Br2ClS/c1-5(6-2-3-6)9(13)8-4-7(11)10(12)14-8/h4-6,9H,2-3H2,1H3. The molecule has 1 aromatic heterocycles. The van der Waals surface area contributed by atoms with Crippen LogP contribution in [0.5, 0.6) is 0 Å². The largest absolute Gasteiger partial charge is 0.130 e. The third kappa shape index (κ3) is 2.37. The second-order valence-corrected chi connectivity index (χ2v) is 7.59. The lowest BCUT2D eigenvalue weighted by Crippen LogP contribution is -2.04. The van der Waals surface area contributed by atoms with Gasteiger partial charge >= 0.3 is 0 Å². The Bertz CT molecular complexity index is 313. The van der Waals surface area contributed by atoms with Crippen molar-refractivity contribution in [3.63, 3.8) is 0 Å². The van der Waals surface area contributed by atoms with Crippen LogP contribution in [0.2, 0.25) is 0 Å². The molecule has 0 aromatic carbocycles. The van der Waals surface area contributed by atoms with Crippen LogP contribution in [0.1, 0.15) is 30.0 Å². The molecule has 14 heavy (non-hydrogen) atoms. The molecule has 1 saturated carbocycles. The molecule has 1 fully saturated rings. The Morgan fingerprint density at radius 3 is 2.57 bits per heavy atom. The maximum Gasteiger partial charge on any atom is 0.0843 e. The van der Waals surface area contributed by atoms with Gasteiger partial charge in [-0.2, -0.15) is 0 Å². The number of thiophene rings is 1. The fourth-order valence-electron chi connectivity index (χ4n) is 1.62. The molecule has 2 rings (SSSR count). The Hall–Kier alpha value is 0.950. The summed E-state index contributed by atoms with van der Waals surface area (Å²) in [5.74, 6) is 1.46. The van der Waals surface area contributed by atoms with E-state index in [1.54, 1.807) is 11.3 Å². The first-order chi connectivity index (χ1) is 6.59. The van der Waals surface area contributed by atoms with Gasteiger partial charge in [0.15, 0.2) is 0 Å². The highest BCUT2D eigenvalue weighted by Crippen LogP contribution is 2.48. The van der Waals surface area contributed by atoms with Gasteiger partial charge in [0.05, 0.1) is 9.16 Å². The molecule has 0 saturated heterocycles. The van der Waals surface area contributed by atoms with Crippen LogP contribution in [-0.4, -0.2) is 0 Å². The fourth-order valence-corrected chi connectivity index (χ4v) is 4.21. The molecule has 0 radical (unpaired) electrons. The molecular weight excluding hydrogens is 347 g/mol. The van der Waals surface area contributed by atoms with Crippen molar-refractivity contribution in [1.29, 1.82) is 0 Å². The molecule has 0 bridgehead atoms. The summed E-state index contributed by atoms with van der Waals surface area (Å²) in [7, 11) is 0. The zero-order chi connectivity index (χ0) is 10.3. The van der Waals surface area contributed by atoms with E-state index in [0.29, 0.717) is 5.92 Å². The summed E-state index contributed by atoms with van der Waals surface area (Å²) in [6, 6.07) is 2.13. The minimum atomic E-state index is 0.176. The molecule has 78 valence electrons. The topological polar surface area (TPSA) is 0 Å². The Morgan fingerprint density at radius 1 is 1.50 bits per heavy atom. The first-order valence-corrected chi connectivity index (χ1v) is 7.52. The molecule has 1 aliphatic rings. The van der Waals surface area contributed by atoms with Crippen LogP contribution in [0.4, 0.5) is 0 Å². The molecule has 2 unspecified atom stereocenters. The molecule has 1 aliphatic carbocycles. The third-order valence-electron chi connectivity index (χ3n) is 2.76. The summed E-state index contributed by atoms with van der Waals surface area (Å²) >= 11 is 15.2. The van der Waals surface area contributed by atoms with Crippen molar-refractivity contribution in [3.05, 3.63) is 19.2 Å². The second kappa shape index (κ2) is 4.44. The van der Waals surface area contributed by atoms with Gasteiger partial charge in [-0.3, -0.25) is 0 Å². The van der Waals surface area contributed by atoms with Gasteiger partial charge in [0.1, 0.15) is 0 Å². The van der Waals surface area contributed by atoms with Crippen LogP contribution >= 0.6 is 54.8 Å². The van der Waals surface area contributed by atoms with Gasteiger partial charge in [-0.05, 0) is 62.6 Å². The lowest BCUT2D eigenvalue weighted by Gasteiger charge is -2.15. The van der Waals surface area contributed by atoms with Crippen molar-refractivity contribution < 1.29 is 0 Å². The van der Waals surface area contributed by atoms with E-state index < -0.39 is 0 Å². The van der Waals surface area contributed by atoms with Crippen LogP contribution in [0, 0.1) is 11.8 Å². The molecule has 0 amide bonds. The van der Waals surface area contributed by atoms with Gasteiger partial charge in [0.2, 0.25) is 0 Å². The number of hydrogen-bond acceptors (Lipinski definition) is 1. The lowest BCUT2D eigenvalue weighted by molar-refractivity contribution is 0.495. The summed E-state index contributed by atoms with van der Waals surface area (Å²) in [5, 5.41) is 0.176. The highest BCUT2D eigenvalue weighted by Gasteiger charge is 2.33. The summed E-state index contributed by atoms with van der Waals surface area (Å²) in [5.41, 5.74) is 0. The summed E-state index contributed by atoms with van der Waals surface area (Å²) in [6.45, 7) is 2.26. The van der Waals surface area contributed by atoms with Crippen LogP contribution in [0.15, 0.2) is 14.3 Å². The zero-order valence-electron chi connectivity index (χ0n) is 7.77.